The Hall–Kier alpha value is -4.05. The van der Waals surface area contributed by atoms with Crippen LogP contribution in [-0.4, -0.2) is 42.4 Å². The first kappa shape index (κ1) is 22.2. The van der Waals surface area contributed by atoms with Crippen LogP contribution < -0.4 is 9.47 Å². The smallest absolute Gasteiger partial charge is 0.460 e. The third-order valence-corrected chi connectivity index (χ3v) is 4.69. The summed E-state index contributed by atoms with van der Waals surface area (Å²) in [5, 5.41) is 1.40. The summed E-state index contributed by atoms with van der Waals surface area (Å²) in [7, 11) is 1.53. The van der Waals surface area contributed by atoms with E-state index in [4.69, 9.17) is 28.1 Å². The van der Waals surface area contributed by atoms with Gasteiger partial charge in [0.05, 0.1) is 48.0 Å². The number of esters is 1. The lowest BCUT2D eigenvalue weighted by atomic mass is 10.1. The van der Waals surface area contributed by atoms with Crippen LogP contribution >= 0.6 is 0 Å². The average molecular weight is 454 g/mol. The SMILES string of the molecule is CCOC(=O)Oc1ncc2[nH]c3cccc(Oc4ccc(C(=O)OCC)o4)c3c2c1COC. The van der Waals surface area contributed by atoms with Crippen LogP contribution in [0.25, 0.3) is 21.8 Å². The van der Waals surface area contributed by atoms with Crippen molar-refractivity contribution in [1.29, 1.82) is 0 Å². The van der Waals surface area contributed by atoms with Crippen molar-refractivity contribution in [2.24, 2.45) is 0 Å². The van der Waals surface area contributed by atoms with E-state index < -0.39 is 12.1 Å². The molecule has 0 radical (unpaired) electrons. The molecule has 0 aliphatic rings. The van der Waals surface area contributed by atoms with Crippen LogP contribution in [0.2, 0.25) is 0 Å². The number of H-pyrrole nitrogens is 1. The summed E-state index contributed by atoms with van der Waals surface area (Å²) in [5.74, 6) is 0.0969. The molecule has 10 heteroatoms. The number of fused-ring (bicyclic) bond motifs is 3. The van der Waals surface area contributed by atoms with Crippen molar-refractivity contribution in [3.63, 3.8) is 0 Å². The molecule has 3 aromatic heterocycles. The third-order valence-electron chi connectivity index (χ3n) is 4.69. The Morgan fingerprint density at radius 1 is 1.03 bits per heavy atom. The zero-order valence-corrected chi connectivity index (χ0v) is 18.3. The Balaban J connectivity index is 1.80. The Morgan fingerprint density at radius 3 is 2.61 bits per heavy atom. The number of methoxy groups -OCH3 is 1. The van der Waals surface area contributed by atoms with Gasteiger partial charge in [-0.05, 0) is 32.0 Å². The summed E-state index contributed by atoms with van der Waals surface area (Å²) in [6.45, 7) is 3.91. The monoisotopic (exact) mass is 454 g/mol. The number of benzene rings is 1. The number of pyridine rings is 1. The molecule has 0 bridgehead atoms. The fourth-order valence-corrected chi connectivity index (χ4v) is 3.43. The van der Waals surface area contributed by atoms with Crippen molar-refractivity contribution in [3.05, 3.63) is 47.9 Å². The van der Waals surface area contributed by atoms with E-state index in [-0.39, 0.29) is 37.4 Å². The van der Waals surface area contributed by atoms with Crippen molar-refractivity contribution < 1.29 is 37.7 Å². The van der Waals surface area contributed by atoms with Crippen LogP contribution in [-0.2, 0) is 20.8 Å². The summed E-state index contributed by atoms with van der Waals surface area (Å²) in [5.41, 5.74) is 1.99. The molecule has 3 heterocycles. The zero-order valence-electron chi connectivity index (χ0n) is 18.3. The lowest BCUT2D eigenvalue weighted by molar-refractivity contribution is 0.0485. The van der Waals surface area contributed by atoms with Crippen LogP contribution in [0.5, 0.6) is 17.6 Å². The van der Waals surface area contributed by atoms with E-state index in [2.05, 4.69) is 9.97 Å². The van der Waals surface area contributed by atoms with E-state index in [1.807, 2.05) is 12.1 Å². The minimum absolute atomic E-state index is 0.0346. The Labute approximate surface area is 188 Å². The van der Waals surface area contributed by atoms with Gasteiger partial charge < -0.3 is 33.1 Å². The Morgan fingerprint density at radius 2 is 1.85 bits per heavy atom. The second kappa shape index (κ2) is 9.61. The van der Waals surface area contributed by atoms with Gasteiger partial charge in [-0.2, -0.15) is 0 Å². The lowest BCUT2D eigenvalue weighted by Crippen LogP contribution is -2.12. The van der Waals surface area contributed by atoms with E-state index in [1.54, 1.807) is 26.1 Å². The molecule has 0 atom stereocenters. The highest BCUT2D eigenvalue weighted by atomic mass is 16.7. The molecule has 4 rings (SSSR count). The van der Waals surface area contributed by atoms with Gasteiger partial charge in [-0.15, -0.1) is 0 Å². The second-order valence-corrected chi connectivity index (χ2v) is 6.79. The van der Waals surface area contributed by atoms with Gasteiger partial charge in [0, 0.05) is 18.6 Å². The standard InChI is InChI=1S/C23H22N2O8/c1-4-29-22(26)17-9-10-18(32-17)31-16-8-6-7-14-20(16)19-13(12-28-3)21(24-11-15(19)25-14)33-23(27)30-5-2/h6-11,25H,4-5,12H2,1-3H3. The number of aromatic amines is 1. The molecule has 33 heavy (non-hydrogen) atoms. The lowest BCUT2D eigenvalue weighted by Gasteiger charge is -2.11. The number of ether oxygens (including phenoxy) is 5. The van der Waals surface area contributed by atoms with Gasteiger partial charge in [-0.25, -0.2) is 14.6 Å². The van der Waals surface area contributed by atoms with Crippen LogP contribution in [0.1, 0.15) is 30.0 Å². The fraction of sp³-hybridized carbons (Fsp3) is 0.261. The molecule has 0 fully saturated rings. The van der Waals surface area contributed by atoms with E-state index in [0.717, 1.165) is 5.52 Å². The fourth-order valence-electron chi connectivity index (χ4n) is 3.43. The normalized spacial score (nSPS) is 11.0. The predicted octanol–water partition coefficient (Wildman–Crippen LogP) is 4.96. The number of nitrogens with one attached hydrogen (secondary N) is 1. The van der Waals surface area contributed by atoms with Gasteiger partial charge in [0.25, 0.3) is 5.95 Å². The van der Waals surface area contributed by atoms with Gasteiger partial charge in [0.15, 0.2) is 0 Å². The molecule has 172 valence electrons. The number of hydrogen-bond acceptors (Lipinski definition) is 9. The summed E-state index contributed by atoms with van der Waals surface area (Å²) in [6.07, 6.45) is 0.693. The summed E-state index contributed by atoms with van der Waals surface area (Å²) in [4.78, 5) is 31.3. The number of hydrogen-bond donors (Lipinski definition) is 1. The number of carbonyl (C=O) groups is 2. The summed E-state index contributed by atoms with van der Waals surface area (Å²) >= 11 is 0. The predicted molar refractivity (Wildman–Crippen MR) is 117 cm³/mol. The van der Waals surface area contributed by atoms with Gasteiger partial charge >= 0.3 is 12.1 Å². The first-order valence-electron chi connectivity index (χ1n) is 10.3. The number of nitrogens with zero attached hydrogens (tertiary/aromatic N) is 1. The molecule has 0 saturated carbocycles. The molecule has 0 amide bonds. The maximum Gasteiger partial charge on any atom is 0.515 e. The van der Waals surface area contributed by atoms with Gasteiger partial charge in [0.2, 0.25) is 11.6 Å². The van der Waals surface area contributed by atoms with E-state index in [9.17, 15) is 9.59 Å². The number of rotatable bonds is 8. The maximum atomic E-state index is 11.9. The highest BCUT2D eigenvalue weighted by Crippen LogP contribution is 2.39. The molecular weight excluding hydrogens is 432 g/mol. The summed E-state index contributed by atoms with van der Waals surface area (Å²) < 4.78 is 31.9. The van der Waals surface area contributed by atoms with Crippen molar-refractivity contribution >= 4 is 33.9 Å². The summed E-state index contributed by atoms with van der Waals surface area (Å²) in [6, 6.07) is 8.45. The highest BCUT2D eigenvalue weighted by molar-refractivity contribution is 6.12. The van der Waals surface area contributed by atoms with Gasteiger partial charge in [-0.3, -0.25) is 0 Å². The molecule has 0 saturated heterocycles. The molecule has 1 N–H and O–H groups in total. The highest BCUT2D eigenvalue weighted by Gasteiger charge is 2.21. The molecule has 0 unspecified atom stereocenters. The average Bonchev–Trinajstić information content (AvgIpc) is 3.41. The molecule has 4 aromatic rings. The first-order chi connectivity index (χ1) is 16.0. The van der Waals surface area contributed by atoms with E-state index in [0.29, 0.717) is 27.6 Å². The maximum absolute atomic E-state index is 11.9. The molecule has 1 aromatic carbocycles. The number of carbonyl (C=O) groups excluding carboxylic acids is 2. The van der Waals surface area contributed by atoms with E-state index in [1.165, 1.54) is 19.2 Å². The topological polar surface area (TPSA) is 122 Å². The Kier molecular flexibility index (Phi) is 6.45. The zero-order chi connectivity index (χ0) is 23.4. The molecular formula is C23H22N2O8. The minimum Gasteiger partial charge on any atom is -0.460 e. The van der Waals surface area contributed by atoms with Crippen LogP contribution in [0.4, 0.5) is 4.79 Å². The molecule has 10 nitrogen and oxygen atoms in total. The van der Waals surface area contributed by atoms with Gasteiger partial charge in [0.1, 0.15) is 5.75 Å². The quantitative estimate of drug-likeness (QED) is 0.368. The minimum atomic E-state index is -0.861. The van der Waals surface area contributed by atoms with Crippen molar-refractivity contribution in [3.8, 4) is 17.6 Å². The largest absolute Gasteiger partial charge is 0.515 e. The first-order valence-corrected chi connectivity index (χ1v) is 10.3. The van der Waals surface area contributed by atoms with Crippen molar-refractivity contribution in [2.45, 2.75) is 20.5 Å². The van der Waals surface area contributed by atoms with E-state index >= 15 is 0 Å². The number of furan rings is 1. The van der Waals surface area contributed by atoms with Crippen LogP contribution in [0.15, 0.2) is 40.9 Å². The molecule has 0 spiro atoms. The van der Waals surface area contributed by atoms with Gasteiger partial charge in [-0.1, -0.05) is 6.07 Å². The molecule has 0 aliphatic heterocycles. The number of aromatic nitrogens is 2. The third kappa shape index (κ3) is 4.46. The van der Waals surface area contributed by atoms with Crippen molar-refractivity contribution in [1.82, 2.24) is 9.97 Å². The molecule has 0 aliphatic carbocycles. The van der Waals surface area contributed by atoms with Crippen LogP contribution in [0.3, 0.4) is 0 Å². The second-order valence-electron chi connectivity index (χ2n) is 6.79. The van der Waals surface area contributed by atoms with Crippen LogP contribution in [0, 0.1) is 0 Å². The van der Waals surface area contributed by atoms with Crippen molar-refractivity contribution in [2.75, 3.05) is 20.3 Å². The Bertz CT molecular complexity index is 1310.